The van der Waals surface area contributed by atoms with Gasteiger partial charge in [-0.3, -0.25) is 4.90 Å². The lowest BCUT2D eigenvalue weighted by Gasteiger charge is -2.18. The first kappa shape index (κ1) is 15.1. The van der Waals surface area contributed by atoms with E-state index >= 15 is 0 Å². The van der Waals surface area contributed by atoms with Crippen LogP contribution in [0.25, 0.3) is 0 Å². The van der Waals surface area contributed by atoms with Crippen LogP contribution in [-0.2, 0) is 16.0 Å². The monoisotopic (exact) mass is 280 g/mol. The minimum atomic E-state index is 0.122. The lowest BCUT2D eigenvalue weighted by Crippen LogP contribution is -2.27. The number of rotatable bonds is 6. The van der Waals surface area contributed by atoms with Gasteiger partial charge in [0.1, 0.15) is 5.75 Å². The first-order valence-electron chi connectivity index (χ1n) is 6.97. The van der Waals surface area contributed by atoms with Crippen LogP contribution in [0.15, 0.2) is 18.2 Å². The molecule has 0 aliphatic carbocycles. The summed E-state index contributed by atoms with van der Waals surface area (Å²) in [5.41, 5.74) is 7.75. The van der Waals surface area contributed by atoms with Crippen molar-refractivity contribution < 1.29 is 14.2 Å². The van der Waals surface area contributed by atoms with Crippen molar-refractivity contribution in [2.45, 2.75) is 25.7 Å². The SMILES string of the molecule is CCOc1ccc(N)cc1CN1CC(OC)C(OC)C1. The van der Waals surface area contributed by atoms with E-state index in [1.165, 1.54) is 0 Å². The summed E-state index contributed by atoms with van der Waals surface area (Å²) in [5, 5.41) is 0. The molecule has 5 nitrogen and oxygen atoms in total. The molecule has 2 N–H and O–H groups in total. The number of hydrogen-bond donors (Lipinski definition) is 1. The highest BCUT2D eigenvalue weighted by atomic mass is 16.5. The van der Waals surface area contributed by atoms with Crippen LogP contribution in [0.4, 0.5) is 5.69 Å². The third-order valence-electron chi connectivity index (χ3n) is 3.67. The second-order valence-corrected chi connectivity index (χ2v) is 5.04. The lowest BCUT2D eigenvalue weighted by molar-refractivity contribution is -0.00461. The lowest BCUT2D eigenvalue weighted by atomic mass is 10.1. The van der Waals surface area contributed by atoms with Crippen LogP contribution in [0, 0.1) is 0 Å². The Kier molecular flexibility index (Phi) is 5.23. The number of likely N-dealkylation sites (tertiary alicyclic amines) is 1. The van der Waals surface area contributed by atoms with E-state index < -0.39 is 0 Å². The summed E-state index contributed by atoms with van der Waals surface area (Å²) >= 11 is 0. The normalized spacial score (nSPS) is 23.1. The zero-order valence-electron chi connectivity index (χ0n) is 12.5. The molecule has 1 aliphatic heterocycles. The number of nitrogen functional groups attached to an aromatic ring is 1. The summed E-state index contributed by atoms with van der Waals surface area (Å²) < 4.78 is 16.6. The van der Waals surface area contributed by atoms with Crippen LogP contribution in [0.1, 0.15) is 12.5 Å². The van der Waals surface area contributed by atoms with Gasteiger partial charge in [-0.05, 0) is 25.1 Å². The molecule has 112 valence electrons. The second-order valence-electron chi connectivity index (χ2n) is 5.04. The molecular formula is C15H24N2O3. The van der Waals surface area contributed by atoms with Gasteiger partial charge in [-0.15, -0.1) is 0 Å². The average molecular weight is 280 g/mol. The predicted molar refractivity (Wildman–Crippen MR) is 78.9 cm³/mol. The van der Waals surface area contributed by atoms with Gasteiger partial charge in [0.05, 0.1) is 18.8 Å². The Morgan fingerprint density at radius 3 is 2.40 bits per heavy atom. The second kappa shape index (κ2) is 6.92. The Balaban J connectivity index is 2.08. The molecule has 1 saturated heterocycles. The molecule has 0 amide bonds. The molecule has 2 rings (SSSR count). The van der Waals surface area contributed by atoms with Crippen LogP contribution < -0.4 is 10.5 Å². The minimum absolute atomic E-state index is 0.122. The minimum Gasteiger partial charge on any atom is -0.494 e. The number of hydrogen-bond acceptors (Lipinski definition) is 5. The zero-order valence-corrected chi connectivity index (χ0v) is 12.5. The number of nitrogens with zero attached hydrogens (tertiary/aromatic N) is 1. The molecule has 0 bridgehead atoms. The Morgan fingerprint density at radius 2 is 1.85 bits per heavy atom. The third-order valence-corrected chi connectivity index (χ3v) is 3.67. The maximum absolute atomic E-state index is 5.88. The van der Waals surface area contributed by atoms with Gasteiger partial charge in [0.15, 0.2) is 0 Å². The molecule has 0 saturated carbocycles. The maximum atomic E-state index is 5.88. The third kappa shape index (κ3) is 3.42. The van der Waals surface area contributed by atoms with Gasteiger partial charge < -0.3 is 19.9 Å². The Bertz CT molecular complexity index is 427. The van der Waals surface area contributed by atoms with Crippen LogP contribution in [-0.4, -0.2) is 51.0 Å². The van der Waals surface area contributed by atoms with Crippen LogP contribution >= 0.6 is 0 Å². The van der Waals surface area contributed by atoms with Gasteiger partial charge in [-0.1, -0.05) is 0 Å². The summed E-state index contributed by atoms with van der Waals surface area (Å²) in [6.45, 7) is 5.14. The molecule has 5 heteroatoms. The van der Waals surface area contributed by atoms with Crippen molar-refractivity contribution in [1.29, 1.82) is 0 Å². The molecule has 1 aromatic rings. The number of anilines is 1. The van der Waals surface area contributed by atoms with Crippen molar-refractivity contribution in [2.24, 2.45) is 0 Å². The van der Waals surface area contributed by atoms with Crippen molar-refractivity contribution >= 4 is 5.69 Å². The molecule has 0 aromatic heterocycles. The van der Waals surface area contributed by atoms with E-state index in [0.29, 0.717) is 6.61 Å². The highest BCUT2D eigenvalue weighted by molar-refractivity contribution is 5.47. The van der Waals surface area contributed by atoms with E-state index in [-0.39, 0.29) is 12.2 Å². The van der Waals surface area contributed by atoms with E-state index in [1.54, 1.807) is 14.2 Å². The first-order valence-corrected chi connectivity index (χ1v) is 6.97. The van der Waals surface area contributed by atoms with E-state index in [2.05, 4.69) is 4.90 Å². The molecule has 1 aliphatic rings. The van der Waals surface area contributed by atoms with Crippen molar-refractivity contribution in [1.82, 2.24) is 4.90 Å². The fourth-order valence-electron chi connectivity index (χ4n) is 2.66. The van der Waals surface area contributed by atoms with Gasteiger partial charge in [0.2, 0.25) is 0 Å². The Labute approximate surface area is 120 Å². The molecule has 0 spiro atoms. The largest absolute Gasteiger partial charge is 0.494 e. The Hall–Kier alpha value is -1.30. The predicted octanol–water partition coefficient (Wildman–Crippen LogP) is 1.51. The molecule has 1 heterocycles. The van der Waals surface area contributed by atoms with Crippen molar-refractivity contribution in [3.63, 3.8) is 0 Å². The molecule has 20 heavy (non-hydrogen) atoms. The van der Waals surface area contributed by atoms with Gasteiger partial charge >= 0.3 is 0 Å². The van der Waals surface area contributed by atoms with Crippen LogP contribution in [0.2, 0.25) is 0 Å². The number of nitrogens with two attached hydrogens (primary N) is 1. The van der Waals surface area contributed by atoms with Crippen LogP contribution in [0.5, 0.6) is 5.75 Å². The van der Waals surface area contributed by atoms with Crippen LogP contribution in [0.3, 0.4) is 0 Å². The van der Waals surface area contributed by atoms with E-state index in [9.17, 15) is 0 Å². The molecule has 1 aromatic carbocycles. The topological polar surface area (TPSA) is 57.0 Å². The summed E-state index contributed by atoms with van der Waals surface area (Å²) in [6.07, 6.45) is 0.244. The molecule has 2 atom stereocenters. The molecule has 0 radical (unpaired) electrons. The molecular weight excluding hydrogens is 256 g/mol. The van der Waals surface area contributed by atoms with E-state index in [1.807, 2.05) is 25.1 Å². The summed E-state index contributed by atoms with van der Waals surface area (Å²) in [4.78, 5) is 2.31. The quantitative estimate of drug-likeness (QED) is 0.801. The van der Waals surface area contributed by atoms with Crippen molar-refractivity contribution in [2.75, 3.05) is 39.6 Å². The first-order chi connectivity index (χ1) is 9.67. The number of benzene rings is 1. The van der Waals surface area contributed by atoms with Crippen molar-refractivity contribution in [3.8, 4) is 5.75 Å². The number of methoxy groups -OCH3 is 2. The smallest absolute Gasteiger partial charge is 0.123 e. The number of ether oxygens (including phenoxy) is 3. The summed E-state index contributed by atoms with van der Waals surface area (Å²) in [5.74, 6) is 0.900. The highest BCUT2D eigenvalue weighted by Crippen LogP contribution is 2.25. The average Bonchev–Trinajstić information content (AvgIpc) is 2.84. The highest BCUT2D eigenvalue weighted by Gasteiger charge is 2.33. The standard InChI is InChI=1S/C15H24N2O3/c1-4-20-13-6-5-12(16)7-11(13)8-17-9-14(18-2)15(10-17)19-3/h5-7,14-15H,4,8-10,16H2,1-3H3. The zero-order chi connectivity index (χ0) is 14.5. The summed E-state index contributed by atoms with van der Waals surface area (Å²) in [6, 6.07) is 5.78. The Morgan fingerprint density at radius 1 is 1.20 bits per heavy atom. The molecule has 2 unspecified atom stereocenters. The fourth-order valence-corrected chi connectivity index (χ4v) is 2.66. The molecule has 1 fully saturated rings. The van der Waals surface area contributed by atoms with Gasteiger partial charge in [0, 0.05) is 45.1 Å². The van der Waals surface area contributed by atoms with Gasteiger partial charge in [0.25, 0.3) is 0 Å². The van der Waals surface area contributed by atoms with E-state index in [4.69, 9.17) is 19.9 Å². The summed E-state index contributed by atoms with van der Waals surface area (Å²) in [7, 11) is 3.46. The fraction of sp³-hybridized carbons (Fsp3) is 0.600. The van der Waals surface area contributed by atoms with Gasteiger partial charge in [-0.25, -0.2) is 0 Å². The van der Waals surface area contributed by atoms with Gasteiger partial charge in [-0.2, -0.15) is 0 Å². The maximum Gasteiger partial charge on any atom is 0.123 e. The van der Waals surface area contributed by atoms with Crippen molar-refractivity contribution in [3.05, 3.63) is 23.8 Å². The van der Waals surface area contributed by atoms with E-state index in [0.717, 1.165) is 36.6 Å².